The number of nitrogens with zero attached hydrogens (tertiary/aromatic N) is 1. The van der Waals surface area contributed by atoms with Gasteiger partial charge in [-0.3, -0.25) is 9.78 Å². The topological polar surface area (TPSA) is 45.8 Å². The molecule has 1 N–H and O–H groups in total. The zero-order valence-electron chi connectivity index (χ0n) is 5.66. The lowest BCUT2D eigenvalue weighted by Gasteiger charge is -1.91. The Hall–Kier alpha value is -1.64. The van der Waals surface area contributed by atoms with Gasteiger partial charge in [0.25, 0.3) is 0 Å². The Morgan fingerprint density at radius 3 is 3.36 bits per heavy atom. The molecule has 0 aliphatic rings. The van der Waals surface area contributed by atoms with Gasteiger partial charge in [-0.25, -0.2) is 0 Å². The fourth-order valence-electron chi connectivity index (χ4n) is 0.942. The lowest BCUT2D eigenvalue weighted by molar-refractivity contribution is 1.24. The van der Waals surface area contributed by atoms with Gasteiger partial charge in [-0.05, 0) is 11.5 Å². The van der Waals surface area contributed by atoms with Crippen molar-refractivity contribution in [3.63, 3.8) is 0 Å². The summed E-state index contributed by atoms with van der Waals surface area (Å²) in [5.41, 5.74) is -0.135. The van der Waals surface area contributed by atoms with E-state index in [2.05, 4.69) is 16.2 Å². The minimum Gasteiger partial charge on any atom is -0.320 e. The Morgan fingerprint density at radius 1 is 1.55 bits per heavy atom. The van der Waals surface area contributed by atoms with Crippen LogP contribution in [0.4, 0.5) is 0 Å². The van der Waals surface area contributed by atoms with Crippen molar-refractivity contribution in [3.8, 4) is 0 Å². The standard InChI is InChI=1S/C8H5N2O/c11-8-3-6-1-2-9-4-7(6)5-10-8/h1-4H,(H,10,11). The second kappa shape index (κ2) is 2.20. The van der Waals surface area contributed by atoms with Crippen LogP contribution >= 0.6 is 0 Å². The van der Waals surface area contributed by atoms with Crippen molar-refractivity contribution >= 4 is 10.8 Å². The number of rotatable bonds is 0. The smallest absolute Gasteiger partial charge is 0.249 e. The molecule has 0 unspecified atom stereocenters. The third-order valence-electron chi connectivity index (χ3n) is 1.46. The molecular weight excluding hydrogens is 140 g/mol. The van der Waals surface area contributed by atoms with Crippen LogP contribution in [0.2, 0.25) is 0 Å². The van der Waals surface area contributed by atoms with E-state index in [1.165, 1.54) is 6.07 Å². The van der Waals surface area contributed by atoms with Crippen molar-refractivity contribution in [1.82, 2.24) is 9.97 Å². The van der Waals surface area contributed by atoms with Crippen LogP contribution in [0.15, 0.2) is 29.3 Å². The average molecular weight is 145 g/mol. The molecule has 0 fully saturated rings. The molecule has 2 rings (SSSR count). The molecule has 0 spiro atoms. The van der Waals surface area contributed by atoms with Gasteiger partial charge in [0.15, 0.2) is 0 Å². The highest BCUT2D eigenvalue weighted by atomic mass is 16.1. The van der Waals surface area contributed by atoms with Crippen molar-refractivity contribution in [1.29, 1.82) is 0 Å². The first-order valence-corrected chi connectivity index (χ1v) is 3.21. The first-order valence-electron chi connectivity index (χ1n) is 3.21. The molecular formula is C8H5N2O. The minimum absolute atomic E-state index is 0.135. The predicted molar refractivity (Wildman–Crippen MR) is 41.2 cm³/mol. The zero-order chi connectivity index (χ0) is 7.68. The molecule has 3 heteroatoms. The third-order valence-corrected chi connectivity index (χ3v) is 1.46. The normalized spacial score (nSPS) is 10.2. The fraction of sp³-hybridized carbons (Fsp3) is 0. The molecule has 0 aromatic carbocycles. The van der Waals surface area contributed by atoms with Gasteiger partial charge in [-0.1, -0.05) is 0 Å². The summed E-state index contributed by atoms with van der Waals surface area (Å²) in [6.45, 7) is 0. The number of pyridine rings is 2. The third kappa shape index (κ3) is 1.00. The van der Waals surface area contributed by atoms with E-state index in [0.29, 0.717) is 0 Å². The lowest BCUT2D eigenvalue weighted by atomic mass is 10.2. The fourth-order valence-corrected chi connectivity index (χ4v) is 0.942. The molecule has 0 bridgehead atoms. The van der Waals surface area contributed by atoms with Gasteiger partial charge in [0, 0.05) is 23.8 Å². The summed E-state index contributed by atoms with van der Waals surface area (Å²) in [6, 6.07) is 3.30. The van der Waals surface area contributed by atoms with Gasteiger partial charge < -0.3 is 4.98 Å². The van der Waals surface area contributed by atoms with Crippen molar-refractivity contribution < 1.29 is 0 Å². The molecule has 0 saturated carbocycles. The highest BCUT2D eigenvalue weighted by Gasteiger charge is 1.91. The Kier molecular flexibility index (Phi) is 1.22. The summed E-state index contributed by atoms with van der Waals surface area (Å²) in [5.74, 6) is 0. The van der Waals surface area contributed by atoms with E-state index in [4.69, 9.17) is 0 Å². The number of fused-ring (bicyclic) bond motifs is 1. The van der Waals surface area contributed by atoms with Crippen molar-refractivity contribution in [2.75, 3.05) is 0 Å². The van der Waals surface area contributed by atoms with E-state index in [-0.39, 0.29) is 5.56 Å². The van der Waals surface area contributed by atoms with Crippen molar-refractivity contribution in [2.45, 2.75) is 0 Å². The number of nitrogens with one attached hydrogen (secondary N) is 1. The summed E-state index contributed by atoms with van der Waals surface area (Å²) in [4.78, 5) is 17.1. The second-order valence-corrected chi connectivity index (χ2v) is 2.22. The summed E-state index contributed by atoms with van der Waals surface area (Å²) in [5, 5.41) is 1.69. The molecule has 0 amide bonds. The monoisotopic (exact) mass is 145 g/mol. The Labute approximate surface area is 62.7 Å². The molecule has 0 aliphatic carbocycles. The molecule has 2 aromatic rings. The van der Waals surface area contributed by atoms with E-state index < -0.39 is 0 Å². The van der Waals surface area contributed by atoms with Gasteiger partial charge in [0.1, 0.15) is 0 Å². The summed E-state index contributed by atoms with van der Waals surface area (Å²) in [7, 11) is 0. The first-order chi connectivity index (χ1) is 5.36. The Bertz CT molecular complexity index is 433. The van der Waals surface area contributed by atoms with Crippen molar-refractivity contribution in [3.05, 3.63) is 41.1 Å². The van der Waals surface area contributed by atoms with E-state index >= 15 is 0 Å². The highest BCUT2D eigenvalue weighted by molar-refractivity contribution is 5.79. The average Bonchev–Trinajstić information content (AvgIpc) is 2.04. The van der Waals surface area contributed by atoms with E-state index in [1.54, 1.807) is 18.5 Å². The molecule has 2 aromatic heterocycles. The van der Waals surface area contributed by atoms with Gasteiger partial charge in [-0.2, -0.15) is 0 Å². The molecule has 0 atom stereocenters. The Morgan fingerprint density at radius 2 is 2.45 bits per heavy atom. The summed E-state index contributed by atoms with van der Waals surface area (Å²) in [6.07, 6.45) is 6.03. The quantitative estimate of drug-likeness (QED) is 0.593. The van der Waals surface area contributed by atoms with Gasteiger partial charge in [-0.15, -0.1) is 0 Å². The number of H-pyrrole nitrogens is 1. The van der Waals surface area contributed by atoms with Crippen LogP contribution in [0.5, 0.6) is 0 Å². The van der Waals surface area contributed by atoms with Crippen molar-refractivity contribution in [2.24, 2.45) is 0 Å². The van der Waals surface area contributed by atoms with Crippen LogP contribution in [0.3, 0.4) is 0 Å². The number of hydrogen-bond acceptors (Lipinski definition) is 2. The van der Waals surface area contributed by atoms with Gasteiger partial charge >= 0.3 is 0 Å². The number of aromatic amines is 1. The number of hydrogen-bond donors (Lipinski definition) is 1. The van der Waals surface area contributed by atoms with Crippen LogP contribution < -0.4 is 5.56 Å². The largest absolute Gasteiger partial charge is 0.320 e. The number of aromatic nitrogens is 2. The molecule has 53 valence electrons. The summed E-state index contributed by atoms with van der Waals surface area (Å²) >= 11 is 0. The maximum atomic E-state index is 10.8. The van der Waals surface area contributed by atoms with Gasteiger partial charge in [0.2, 0.25) is 5.56 Å². The Balaban J connectivity index is 2.94. The maximum Gasteiger partial charge on any atom is 0.249 e. The van der Waals surface area contributed by atoms with Crippen LogP contribution in [0, 0.1) is 6.20 Å². The van der Waals surface area contributed by atoms with Crippen LogP contribution in [-0.2, 0) is 0 Å². The second-order valence-electron chi connectivity index (χ2n) is 2.22. The SMILES string of the molecule is O=c1cc2ccncc2[c][nH]1. The molecule has 11 heavy (non-hydrogen) atoms. The molecule has 1 radical (unpaired) electrons. The predicted octanol–water partition coefficient (Wildman–Crippen LogP) is 0.723. The van der Waals surface area contributed by atoms with Crippen LogP contribution in [-0.4, -0.2) is 9.97 Å². The van der Waals surface area contributed by atoms with E-state index in [0.717, 1.165) is 10.8 Å². The molecule has 2 heterocycles. The first kappa shape index (κ1) is 6.09. The molecule has 0 aliphatic heterocycles. The van der Waals surface area contributed by atoms with Crippen LogP contribution in [0.1, 0.15) is 0 Å². The summed E-state index contributed by atoms with van der Waals surface area (Å²) < 4.78 is 0. The molecule has 0 saturated heterocycles. The van der Waals surface area contributed by atoms with E-state index in [1.807, 2.05) is 0 Å². The highest BCUT2D eigenvalue weighted by Crippen LogP contribution is 2.05. The zero-order valence-corrected chi connectivity index (χ0v) is 5.66. The maximum absolute atomic E-state index is 10.8. The van der Waals surface area contributed by atoms with Crippen LogP contribution in [0.25, 0.3) is 10.8 Å². The lowest BCUT2D eigenvalue weighted by Crippen LogP contribution is -2.01. The van der Waals surface area contributed by atoms with Gasteiger partial charge in [0.05, 0.1) is 6.20 Å². The van der Waals surface area contributed by atoms with E-state index in [9.17, 15) is 4.79 Å². The minimum atomic E-state index is -0.135. The molecule has 3 nitrogen and oxygen atoms in total.